The average molecular weight is 251 g/mol. The van der Waals surface area contributed by atoms with Crippen molar-refractivity contribution in [2.45, 2.75) is 46.6 Å². The maximum atomic E-state index is 4.50. The Morgan fingerprint density at radius 2 is 1.78 bits per heavy atom. The van der Waals surface area contributed by atoms with Crippen molar-refractivity contribution in [3.63, 3.8) is 0 Å². The summed E-state index contributed by atoms with van der Waals surface area (Å²) in [7, 11) is 2.11. The third kappa shape index (κ3) is 4.22. The number of rotatable bonds is 7. The van der Waals surface area contributed by atoms with E-state index in [1.165, 1.54) is 0 Å². The Bertz CT molecular complexity index is 364. The van der Waals surface area contributed by atoms with Crippen molar-refractivity contribution in [2.24, 2.45) is 0 Å². The highest BCUT2D eigenvalue weighted by Gasteiger charge is 2.06. The number of likely N-dealkylation sites (N-methyl/N-ethyl adjacent to an activating group) is 1. The van der Waals surface area contributed by atoms with E-state index in [1.54, 1.807) is 0 Å². The fourth-order valence-corrected chi connectivity index (χ4v) is 1.62. The normalized spacial score (nSPS) is 11.3. The summed E-state index contributed by atoms with van der Waals surface area (Å²) < 4.78 is 0. The molecule has 1 rings (SSSR count). The summed E-state index contributed by atoms with van der Waals surface area (Å²) in [5.74, 6) is 0.640. The van der Waals surface area contributed by atoms with E-state index in [2.05, 4.69) is 60.1 Å². The van der Waals surface area contributed by atoms with Crippen LogP contribution in [0.3, 0.4) is 0 Å². The molecule has 0 radical (unpaired) electrons. The molecule has 0 unspecified atom stereocenters. The molecule has 5 nitrogen and oxygen atoms in total. The van der Waals surface area contributed by atoms with Gasteiger partial charge in [-0.1, -0.05) is 13.8 Å². The van der Waals surface area contributed by atoms with Gasteiger partial charge < -0.3 is 10.2 Å². The van der Waals surface area contributed by atoms with Gasteiger partial charge in [0.2, 0.25) is 5.95 Å². The van der Waals surface area contributed by atoms with Gasteiger partial charge in [-0.25, -0.2) is 4.98 Å². The molecule has 0 saturated heterocycles. The molecule has 0 aromatic carbocycles. The van der Waals surface area contributed by atoms with Crippen LogP contribution in [0.2, 0.25) is 0 Å². The summed E-state index contributed by atoms with van der Waals surface area (Å²) in [6.07, 6.45) is 1.79. The van der Waals surface area contributed by atoms with Gasteiger partial charge in [0.25, 0.3) is 0 Å². The van der Waals surface area contributed by atoms with Crippen molar-refractivity contribution in [1.29, 1.82) is 0 Å². The van der Waals surface area contributed by atoms with Crippen LogP contribution in [-0.2, 0) is 12.8 Å². The molecule has 0 spiro atoms. The first-order valence-electron chi connectivity index (χ1n) is 6.75. The van der Waals surface area contributed by atoms with Crippen LogP contribution in [0.4, 0.5) is 5.95 Å². The van der Waals surface area contributed by atoms with E-state index in [1.807, 2.05) is 0 Å². The van der Waals surface area contributed by atoms with Gasteiger partial charge in [-0.2, -0.15) is 5.10 Å². The molecule has 102 valence electrons. The van der Waals surface area contributed by atoms with Gasteiger partial charge in [0.05, 0.1) is 11.4 Å². The molecule has 0 aliphatic carbocycles. The van der Waals surface area contributed by atoms with Gasteiger partial charge in [0, 0.05) is 19.1 Å². The summed E-state index contributed by atoms with van der Waals surface area (Å²) in [6.45, 7) is 10.4. The summed E-state index contributed by atoms with van der Waals surface area (Å²) in [5, 5.41) is 11.6. The van der Waals surface area contributed by atoms with Gasteiger partial charge in [0.15, 0.2) is 0 Å². The van der Waals surface area contributed by atoms with Gasteiger partial charge in [-0.3, -0.25) is 0 Å². The second-order valence-electron chi connectivity index (χ2n) is 4.74. The van der Waals surface area contributed by atoms with Crippen LogP contribution < -0.4 is 5.32 Å². The standard InChI is InChI=1S/C13H25N5/c1-6-11-12(7-2)16-17-13(15-11)14-8-9-18(5)10(3)4/h10H,6-9H2,1-5H3,(H,14,15,17). The second kappa shape index (κ2) is 7.26. The monoisotopic (exact) mass is 251 g/mol. The van der Waals surface area contributed by atoms with Crippen molar-refractivity contribution >= 4 is 5.95 Å². The molecule has 0 aliphatic heterocycles. The van der Waals surface area contributed by atoms with E-state index in [0.717, 1.165) is 37.3 Å². The predicted octanol–water partition coefficient (Wildman–Crippen LogP) is 1.75. The van der Waals surface area contributed by atoms with Gasteiger partial charge >= 0.3 is 0 Å². The van der Waals surface area contributed by atoms with Gasteiger partial charge in [-0.15, -0.1) is 5.10 Å². The highest BCUT2D eigenvalue weighted by molar-refractivity contribution is 5.25. The first-order valence-corrected chi connectivity index (χ1v) is 6.75. The lowest BCUT2D eigenvalue weighted by molar-refractivity contribution is 0.284. The Morgan fingerprint density at radius 1 is 1.11 bits per heavy atom. The highest BCUT2D eigenvalue weighted by Crippen LogP contribution is 2.06. The van der Waals surface area contributed by atoms with E-state index >= 15 is 0 Å². The second-order valence-corrected chi connectivity index (χ2v) is 4.74. The Hall–Kier alpha value is -1.23. The molecule has 5 heteroatoms. The Morgan fingerprint density at radius 3 is 2.33 bits per heavy atom. The van der Waals surface area contributed by atoms with E-state index in [4.69, 9.17) is 0 Å². The summed E-state index contributed by atoms with van der Waals surface area (Å²) in [5.41, 5.74) is 2.05. The smallest absolute Gasteiger partial charge is 0.243 e. The summed E-state index contributed by atoms with van der Waals surface area (Å²) in [4.78, 5) is 6.78. The van der Waals surface area contributed by atoms with Crippen LogP contribution in [0, 0.1) is 0 Å². The number of hydrogen-bond acceptors (Lipinski definition) is 5. The highest BCUT2D eigenvalue weighted by atomic mass is 15.2. The van der Waals surface area contributed by atoms with Gasteiger partial charge in [0.1, 0.15) is 0 Å². The number of nitrogens with one attached hydrogen (secondary N) is 1. The zero-order valence-electron chi connectivity index (χ0n) is 12.2. The molecule has 0 amide bonds. The average Bonchev–Trinajstić information content (AvgIpc) is 2.38. The van der Waals surface area contributed by atoms with Crippen LogP contribution >= 0.6 is 0 Å². The number of aryl methyl sites for hydroxylation is 2. The molecule has 18 heavy (non-hydrogen) atoms. The molecule has 0 aliphatic rings. The molecule has 0 saturated carbocycles. The quantitative estimate of drug-likeness (QED) is 0.800. The van der Waals surface area contributed by atoms with Crippen LogP contribution in [0.5, 0.6) is 0 Å². The maximum Gasteiger partial charge on any atom is 0.243 e. The van der Waals surface area contributed by atoms with Crippen molar-refractivity contribution in [1.82, 2.24) is 20.1 Å². The molecular formula is C13H25N5. The lowest BCUT2D eigenvalue weighted by atomic mass is 10.2. The number of anilines is 1. The van der Waals surface area contributed by atoms with Crippen molar-refractivity contribution < 1.29 is 0 Å². The Labute approximate surface area is 110 Å². The molecule has 0 bridgehead atoms. The minimum Gasteiger partial charge on any atom is -0.352 e. The van der Waals surface area contributed by atoms with Crippen LogP contribution in [-0.4, -0.2) is 46.3 Å². The largest absolute Gasteiger partial charge is 0.352 e. The zero-order valence-corrected chi connectivity index (χ0v) is 12.2. The fraction of sp³-hybridized carbons (Fsp3) is 0.769. The van der Waals surface area contributed by atoms with Gasteiger partial charge in [-0.05, 0) is 33.7 Å². The third-order valence-electron chi connectivity index (χ3n) is 3.14. The van der Waals surface area contributed by atoms with E-state index in [0.29, 0.717) is 12.0 Å². The van der Waals surface area contributed by atoms with Crippen molar-refractivity contribution in [2.75, 3.05) is 25.5 Å². The maximum absolute atomic E-state index is 4.50. The summed E-state index contributed by atoms with van der Waals surface area (Å²) in [6, 6.07) is 0.555. The van der Waals surface area contributed by atoms with Crippen LogP contribution in [0.1, 0.15) is 39.1 Å². The molecule has 1 N–H and O–H groups in total. The van der Waals surface area contributed by atoms with E-state index < -0.39 is 0 Å². The first kappa shape index (κ1) is 14.8. The molecule has 0 fully saturated rings. The Kier molecular flexibility index (Phi) is 5.98. The molecule has 1 aromatic rings. The van der Waals surface area contributed by atoms with Crippen molar-refractivity contribution in [3.05, 3.63) is 11.4 Å². The third-order valence-corrected chi connectivity index (χ3v) is 3.14. The van der Waals surface area contributed by atoms with Crippen LogP contribution in [0.15, 0.2) is 0 Å². The first-order chi connectivity index (χ1) is 8.58. The zero-order chi connectivity index (χ0) is 13.5. The topological polar surface area (TPSA) is 53.9 Å². The van der Waals surface area contributed by atoms with E-state index in [-0.39, 0.29) is 0 Å². The molecule has 0 atom stereocenters. The minimum atomic E-state index is 0.555. The fourth-order valence-electron chi connectivity index (χ4n) is 1.62. The Balaban J connectivity index is 2.53. The van der Waals surface area contributed by atoms with E-state index in [9.17, 15) is 0 Å². The number of nitrogens with zero attached hydrogens (tertiary/aromatic N) is 4. The number of hydrogen-bond donors (Lipinski definition) is 1. The number of aromatic nitrogens is 3. The molecule has 1 heterocycles. The minimum absolute atomic E-state index is 0.555. The summed E-state index contributed by atoms with van der Waals surface area (Å²) >= 11 is 0. The predicted molar refractivity (Wildman–Crippen MR) is 74.8 cm³/mol. The molecular weight excluding hydrogens is 226 g/mol. The SMILES string of the molecule is CCc1nnc(NCCN(C)C(C)C)nc1CC. The lowest BCUT2D eigenvalue weighted by Crippen LogP contribution is -2.31. The van der Waals surface area contributed by atoms with Crippen LogP contribution in [0.25, 0.3) is 0 Å². The molecule has 1 aromatic heterocycles. The lowest BCUT2D eigenvalue weighted by Gasteiger charge is -2.20. The van der Waals surface area contributed by atoms with Crippen molar-refractivity contribution in [3.8, 4) is 0 Å².